The summed E-state index contributed by atoms with van der Waals surface area (Å²) in [5, 5.41) is 9.04. The van der Waals surface area contributed by atoms with Crippen LogP contribution in [-0.2, 0) is 0 Å². The minimum absolute atomic E-state index is 0.00682. The zero-order valence-electron chi connectivity index (χ0n) is 15.1. The molecule has 0 radical (unpaired) electrons. The highest BCUT2D eigenvalue weighted by Crippen LogP contribution is 2.35. The number of allylic oxidation sites excluding steroid dienone is 1. The number of benzene rings is 3. The Morgan fingerprint density at radius 1 is 0.778 bits per heavy atom. The van der Waals surface area contributed by atoms with Crippen LogP contribution in [-0.4, -0.2) is 24.2 Å². The van der Waals surface area contributed by atoms with Gasteiger partial charge in [0, 0.05) is 5.88 Å². The van der Waals surface area contributed by atoms with Gasteiger partial charge in [0.25, 0.3) is 0 Å². The van der Waals surface area contributed by atoms with Crippen LogP contribution in [0.4, 0.5) is 0 Å². The minimum atomic E-state index is -0.00682. The third-order valence-electron chi connectivity index (χ3n) is 4.31. The highest BCUT2D eigenvalue weighted by molar-refractivity contribution is 6.18. The average Bonchev–Trinajstić information content (AvgIpc) is 2.74. The van der Waals surface area contributed by atoms with Gasteiger partial charge in [-0.1, -0.05) is 72.8 Å². The van der Waals surface area contributed by atoms with E-state index in [1.807, 2.05) is 54.6 Å². The molecule has 0 aliphatic heterocycles. The highest BCUT2D eigenvalue weighted by Gasteiger charge is 2.14. The standard InChI is InChI=1S/C24H23ClO2/c25-15-14-23(19-8-3-1-4-9-19)24(20-10-5-2-6-11-20)21-12-7-13-22(18-21)27-17-16-26/h1-13,18,26H,14-17H2/b24-23+. The first kappa shape index (κ1) is 19.2. The molecule has 3 heteroatoms. The third-order valence-corrected chi connectivity index (χ3v) is 4.50. The SMILES string of the molecule is OCCOc1cccc(/C(=C(\CCCl)c2ccccc2)c2ccccc2)c1. The van der Waals surface area contributed by atoms with Gasteiger partial charge in [-0.05, 0) is 46.4 Å². The average molecular weight is 379 g/mol. The molecule has 3 aromatic carbocycles. The molecule has 0 aromatic heterocycles. The zero-order chi connectivity index (χ0) is 18.9. The summed E-state index contributed by atoms with van der Waals surface area (Å²) in [6.07, 6.45) is 0.761. The number of alkyl halides is 1. The molecule has 0 aliphatic carbocycles. The molecule has 3 aromatic rings. The Morgan fingerprint density at radius 2 is 1.41 bits per heavy atom. The summed E-state index contributed by atoms with van der Waals surface area (Å²) in [5.41, 5.74) is 5.73. The van der Waals surface area contributed by atoms with Crippen LogP contribution >= 0.6 is 11.6 Å². The van der Waals surface area contributed by atoms with Crippen LogP contribution in [0.15, 0.2) is 84.9 Å². The van der Waals surface area contributed by atoms with Gasteiger partial charge in [0.1, 0.15) is 12.4 Å². The van der Waals surface area contributed by atoms with Crippen LogP contribution < -0.4 is 4.74 Å². The fourth-order valence-electron chi connectivity index (χ4n) is 3.17. The Balaban J connectivity index is 2.19. The van der Waals surface area contributed by atoms with Crippen LogP contribution in [0.2, 0.25) is 0 Å². The molecule has 3 rings (SSSR count). The van der Waals surface area contributed by atoms with Gasteiger partial charge in [0.05, 0.1) is 6.61 Å². The van der Waals surface area contributed by atoms with Crippen molar-refractivity contribution in [3.63, 3.8) is 0 Å². The second-order valence-electron chi connectivity index (χ2n) is 6.12. The summed E-state index contributed by atoms with van der Waals surface area (Å²) in [4.78, 5) is 0. The van der Waals surface area contributed by atoms with E-state index in [-0.39, 0.29) is 13.2 Å². The van der Waals surface area contributed by atoms with Crippen molar-refractivity contribution in [2.24, 2.45) is 0 Å². The summed E-state index contributed by atoms with van der Waals surface area (Å²) in [6.45, 7) is 0.272. The number of halogens is 1. The molecule has 138 valence electrons. The number of rotatable bonds is 8. The summed E-state index contributed by atoms with van der Waals surface area (Å²) in [6, 6.07) is 28.7. The van der Waals surface area contributed by atoms with E-state index in [2.05, 4.69) is 30.3 Å². The van der Waals surface area contributed by atoms with Crippen molar-refractivity contribution >= 4 is 22.7 Å². The second-order valence-corrected chi connectivity index (χ2v) is 6.50. The normalized spacial score (nSPS) is 11.8. The molecular formula is C24H23ClO2. The zero-order valence-corrected chi connectivity index (χ0v) is 15.9. The largest absolute Gasteiger partial charge is 0.491 e. The third kappa shape index (κ3) is 5.00. The quantitative estimate of drug-likeness (QED) is 0.405. The Hall–Kier alpha value is -2.55. The second kappa shape index (κ2) is 9.96. The van der Waals surface area contributed by atoms with Gasteiger partial charge in [-0.15, -0.1) is 11.6 Å². The molecule has 0 fully saturated rings. The Morgan fingerprint density at radius 3 is 2.04 bits per heavy atom. The van der Waals surface area contributed by atoms with Gasteiger partial charge >= 0.3 is 0 Å². The van der Waals surface area contributed by atoms with E-state index in [0.717, 1.165) is 28.9 Å². The number of aliphatic hydroxyl groups is 1. The van der Waals surface area contributed by atoms with Crippen molar-refractivity contribution < 1.29 is 9.84 Å². The fraction of sp³-hybridized carbons (Fsp3) is 0.167. The maximum Gasteiger partial charge on any atom is 0.120 e. The molecule has 0 atom stereocenters. The van der Waals surface area contributed by atoms with Gasteiger partial charge < -0.3 is 9.84 Å². The highest BCUT2D eigenvalue weighted by atomic mass is 35.5. The first-order chi connectivity index (χ1) is 13.3. The maximum absolute atomic E-state index is 9.04. The van der Waals surface area contributed by atoms with E-state index in [0.29, 0.717) is 5.88 Å². The topological polar surface area (TPSA) is 29.5 Å². The Bertz CT molecular complexity index is 873. The van der Waals surface area contributed by atoms with Crippen LogP contribution in [0.3, 0.4) is 0 Å². The molecule has 0 unspecified atom stereocenters. The van der Waals surface area contributed by atoms with Crippen LogP contribution in [0.5, 0.6) is 5.75 Å². The number of hydrogen-bond acceptors (Lipinski definition) is 2. The van der Waals surface area contributed by atoms with E-state index < -0.39 is 0 Å². The molecule has 27 heavy (non-hydrogen) atoms. The van der Waals surface area contributed by atoms with Crippen molar-refractivity contribution in [1.29, 1.82) is 0 Å². The van der Waals surface area contributed by atoms with Gasteiger partial charge in [-0.25, -0.2) is 0 Å². The fourth-order valence-corrected chi connectivity index (χ4v) is 3.36. The molecule has 0 heterocycles. The van der Waals surface area contributed by atoms with Crippen molar-refractivity contribution in [3.8, 4) is 5.75 Å². The van der Waals surface area contributed by atoms with Crippen LogP contribution in [0.25, 0.3) is 11.1 Å². The molecule has 2 nitrogen and oxygen atoms in total. The lowest BCUT2D eigenvalue weighted by Gasteiger charge is -2.17. The number of hydrogen-bond donors (Lipinski definition) is 1. The van der Waals surface area contributed by atoms with E-state index in [1.54, 1.807) is 0 Å². The van der Waals surface area contributed by atoms with Crippen molar-refractivity contribution in [2.45, 2.75) is 6.42 Å². The molecule has 0 saturated heterocycles. The lowest BCUT2D eigenvalue weighted by atomic mass is 9.88. The van der Waals surface area contributed by atoms with Crippen LogP contribution in [0.1, 0.15) is 23.1 Å². The lowest BCUT2D eigenvalue weighted by Crippen LogP contribution is -2.02. The number of aliphatic hydroxyl groups excluding tert-OH is 1. The van der Waals surface area contributed by atoms with Gasteiger partial charge in [0.2, 0.25) is 0 Å². The molecule has 0 amide bonds. The lowest BCUT2D eigenvalue weighted by molar-refractivity contribution is 0.201. The number of ether oxygens (including phenoxy) is 1. The summed E-state index contributed by atoms with van der Waals surface area (Å²) < 4.78 is 5.63. The Kier molecular flexibility index (Phi) is 7.09. The first-order valence-electron chi connectivity index (χ1n) is 9.07. The van der Waals surface area contributed by atoms with E-state index in [1.165, 1.54) is 11.1 Å². The molecular weight excluding hydrogens is 356 g/mol. The van der Waals surface area contributed by atoms with Crippen molar-refractivity contribution in [3.05, 3.63) is 102 Å². The monoisotopic (exact) mass is 378 g/mol. The first-order valence-corrected chi connectivity index (χ1v) is 9.61. The Labute approximate surface area is 165 Å². The maximum atomic E-state index is 9.04. The molecule has 0 saturated carbocycles. The summed E-state index contributed by atoms with van der Waals surface area (Å²) in [7, 11) is 0. The predicted octanol–water partition coefficient (Wildman–Crippen LogP) is 5.65. The van der Waals surface area contributed by atoms with E-state index in [9.17, 15) is 0 Å². The summed E-state index contributed by atoms with van der Waals surface area (Å²) >= 11 is 6.18. The predicted molar refractivity (Wildman–Crippen MR) is 113 cm³/mol. The smallest absolute Gasteiger partial charge is 0.120 e. The van der Waals surface area contributed by atoms with Crippen molar-refractivity contribution in [2.75, 3.05) is 19.1 Å². The van der Waals surface area contributed by atoms with Crippen molar-refractivity contribution in [1.82, 2.24) is 0 Å². The minimum Gasteiger partial charge on any atom is -0.491 e. The summed E-state index contributed by atoms with van der Waals surface area (Å²) in [5.74, 6) is 1.29. The van der Waals surface area contributed by atoms with E-state index in [4.69, 9.17) is 21.4 Å². The molecule has 0 aliphatic rings. The van der Waals surface area contributed by atoms with Gasteiger partial charge in [0.15, 0.2) is 0 Å². The van der Waals surface area contributed by atoms with Gasteiger partial charge in [-0.2, -0.15) is 0 Å². The molecule has 0 spiro atoms. The van der Waals surface area contributed by atoms with Gasteiger partial charge in [-0.3, -0.25) is 0 Å². The van der Waals surface area contributed by atoms with Crippen LogP contribution in [0, 0.1) is 0 Å². The van der Waals surface area contributed by atoms with E-state index >= 15 is 0 Å². The molecule has 0 bridgehead atoms. The molecule has 1 N–H and O–H groups in total.